The number of fused-ring (bicyclic) bond motifs is 1. The van der Waals surface area contributed by atoms with Gasteiger partial charge in [-0.15, -0.1) is 0 Å². The van der Waals surface area contributed by atoms with Crippen molar-refractivity contribution >= 4 is 11.7 Å². The number of amides is 1. The van der Waals surface area contributed by atoms with Crippen molar-refractivity contribution in [2.24, 2.45) is 0 Å². The smallest absolute Gasteiger partial charge is 0.227 e. The van der Waals surface area contributed by atoms with Gasteiger partial charge in [-0.3, -0.25) is 9.59 Å². The first-order valence-electron chi connectivity index (χ1n) is 10.4. The van der Waals surface area contributed by atoms with Crippen LogP contribution in [-0.2, 0) is 24.2 Å². The molecule has 4 rings (SSSR count). The molecule has 0 bridgehead atoms. The lowest BCUT2D eigenvalue weighted by molar-refractivity contribution is -0.132. The Labute approximate surface area is 170 Å². The summed E-state index contributed by atoms with van der Waals surface area (Å²) in [5, 5.41) is 9.55. The Morgan fingerprint density at radius 1 is 1.21 bits per heavy atom. The highest BCUT2D eigenvalue weighted by atomic mass is 19.1. The fourth-order valence-electron chi connectivity index (χ4n) is 4.80. The summed E-state index contributed by atoms with van der Waals surface area (Å²) < 4.78 is 15.4. The van der Waals surface area contributed by atoms with Crippen molar-refractivity contribution < 1.29 is 19.1 Å². The minimum Gasteiger partial charge on any atom is -0.394 e. The molecule has 1 aliphatic heterocycles. The zero-order valence-electron chi connectivity index (χ0n) is 16.8. The molecule has 0 radical (unpaired) electrons. The molecule has 29 heavy (non-hydrogen) atoms. The van der Waals surface area contributed by atoms with E-state index in [1.54, 1.807) is 17.0 Å². The lowest BCUT2D eigenvalue weighted by Gasteiger charge is -2.23. The lowest BCUT2D eigenvalue weighted by Crippen LogP contribution is -2.38. The summed E-state index contributed by atoms with van der Waals surface area (Å²) in [7, 11) is 0. The van der Waals surface area contributed by atoms with Gasteiger partial charge in [0.1, 0.15) is 5.82 Å². The number of aliphatic hydroxyl groups is 1. The molecule has 1 aromatic heterocycles. The van der Waals surface area contributed by atoms with Gasteiger partial charge in [-0.25, -0.2) is 4.39 Å². The molecule has 2 aliphatic rings. The predicted molar refractivity (Wildman–Crippen MR) is 107 cm³/mol. The highest BCUT2D eigenvalue weighted by molar-refractivity contribution is 6.01. The molecule has 1 aromatic carbocycles. The Morgan fingerprint density at radius 3 is 2.69 bits per heavy atom. The number of nitrogens with zero attached hydrogens (tertiary/aromatic N) is 2. The molecule has 1 saturated heterocycles. The molecule has 1 aliphatic carbocycles. The number of rotatable bonds is 5. The number of carbonyl (C=O) groups is 2. The lowest BCUT2D eigenvalue weighted by atomic mass is 9.92. The van der Waals surface area contributed by atoms with E-state index in [1.807, 2.05) is 6.92 Å². The van der Waals surface area contributed by atoms with Crippen LogP contribution in [-0.4, -0.2) is 45.5 Å². The van der Waals surface area contributed by atoms with Crippen LogP contribution in [0.1, 0.15) is 58.6 Å². The Kier molecular flexibility index (Phi) is 5.54. The molecule has 1 amide bonds. The maximum Gasteiger partial charge on any atom is 0.227 e. The van der Waals surface area contributed by atoms with Crippen LogP contribution in [0.15, 0.2) is 24.3 Å². The molecule has 6 heteroatoms. The van der Waals surface area contributed by atoms with E-state index in [9.17, 15) is 19.1 Å². The summed E-state index contributed by atoms with van der Waals surface area (Å²) in [5.41, 5.74) is 4.42. The van der Waals surface area contributed by atoms with Gasteiger partial charge in [0.2, 0.25) is 5.91 Å². The van der Waals surface area contributed by atoms with E-state index < -0.39 is 0 Å². The third-order valence-electron chi connectivity index (χ3n) is 6.34. The molecule has 1 atom stereocenters. The Hall–Kier alpha value is -2.47. The summed E-state index contributed by atoms with van der Waals surface area (Å²) in [5.74, 6) is -0.189. The number of benzene rings is 1. The Balaban J connectivity index is 1.68. The van der Waals surface area contributed by atoms with Gasteiger partial charge in [-0.2, -0.15) is 0 Å². The van der Waals surface area contributed by atoms with Gasteiger partial charge in [-0.1, -0.05) is 12.1 Å². The molecule has 1 N–H and O–H groups in total. The van der Waals surface area contributed by atoms with Crippen molar-refractivity contribution in [2.75, 3.05) is 13.2 Å². The summed E-state index contributed by atoms with van der Waals surface area (Å²) in [4.78, 5) is 27.5. The number of halogens is 1. The van der Waals surface area contributed by atoms with Crippen LogP contribution in [0, 0.1) is 12.7 Å². The van der Waals surface area contributed by atoms with E-state index in [2.05, 4.69) is 4.57 Å². The van der Waals surface area contributed by atoms with Crippen LogP contribution in [0.2, 0.25) is 0 Å². The fraction of sp³-hybridized carbons (Fsp3) is 0.478. The molecular formula is C23H27FN2O3. The van der Waals surface area contributed by atoms with E-state index in [0.29, 0.717) is 25.1 Å². The van der Waals surface area contributed by atoms with E-state index in [1.165, 1.54) is 12.1 Å². The first kappa shape index (κ1) is 19.8. The molecule has 0 spiro atoms. The van der Waals surface area contributed by atoms with Crippen LogP contribution in [0.5, 0.6) is 0 Å². The Morgan fingerprint density at radius 2 is 1.97 bits per heavy atom. The molecule has 2 heterocycles. The van der Waals surface area contributed by atoms with Crippen molar-refractivity contribution in [3.05, 3.63) is 58.2 Å². The number of Topliss-reactive ketones (excluding diaryl/α,β-unsaturated/α-hetero) is 1. The molecule has 1 fully saturated rings. The maximum atomic E-state index is 13.3. The zero-order valence-corrected chi connectivity index (χ0v) is 16.8. The summed E-state index contributed by atoms with van der Waals surface area (Å²) in [6.45, 7) is 3.16. The van der Waals surface area contributed by atoms with Gasteiger partial charge in [0.25, 0.3) is 0 Å². The standard InChI is InChI=1S/C23H27FN2O3/c1-15-19(12-22(29)25-11-3-4-18(25)14-27)23-20(5-2-6-21(23)28)26(15)13-16-7-9-17(24)10-8-16/h7-10,18,27H,2-6,11-14H2,1H3/t18-/m0/s1. The number of aromatic nitrogens is 1. The summed E-state index contributed by atoms with van der Waals surface area (Å²) >= 11 is 0. The van der Waals surface area contributed by atoms with Crippen molar-refractivity contribution in [3.8, 4) is 0 Å². The molecule has 0 saturated carbocycles. The van der Waals surface area contributed by atoms with Gasteiger partial charge in [-0.05, 0) is 55.9 Å². The molecule has 2 aromatic rings. The van der Waals surface area contributed by atoms with Crippen molar-refractivity contribution in [3.63, 3.8) is 0 Å². The average Bonchev–Trinajstić information content (AvgIpc) is 3.29. The van der Waals surface area contributed by atoms with Gasteiger partial charge in [0.15, 0.2) is 5.78 Å². The maximum absolute atomic E-state index is 13.3. The number of hydrogen-bond acceptors (Lipinski definition) is 3. The largest absolute Gasteiger partial charge is 0.394 e. The molecule has 154 valence electrons. The normalized spacial score (nSPS) is 18.9. The SMILES string of the molecule is Cc1c(CC(=O)N2CCC[C@H]2CO)c2c(n1Cc1ccc(F)cc1)CCCC2=O. The van der Waals surface area contributed by atoms with Gasteiger partial charge in [0, 0.05) is 36.5 Å². The Bertz CT molecular complexity index is 933. The van der Waals surface area contributed by atoms with Crippen molar-refractivity contribution in [1.82, 2.24) is 9.47 Å². The van der Waals surface area contributed by atoms with Gasteiger partial charge >= 0.3 is 0 Å². The number of ketones is 1. The summed E-state index contributed by atoms with van der Waals surface area (Å²) in [6.07, 6.45) is 4.04. The predicted octanol–water partition coefficient (Wildman–Crippen LogP) is 3.03. The minimum absolute atomic E-state index is 0.0205. The topological polar surface area (TPSA) is 62.5 Å². The van der Waals surface area contributed by atoms with Crippen molar-refractivity contribution in [2.45, 2.75) is 58.0 Å². The first-order valence-corrected chi connectivity index (χ1v) is 10.4. The monoisotopic (exact) mass is 398 g/mol. The summed E-state index contributed by atoms with van der Waals surface area (Å²) in [6, 6.07) is 6.28. The van der Waals surface area contributed by atoms with Crippen molar-refractivity contribution in [1.29, 1.82) is 0 Å². The van der Waals surface area contributed by atoms with Crippen LogP contribution >= 0.6 is 0 Å². The molecular weight excluding hydrogens is 371 g/mol. The second-order valence-electron chi connectivity index (χ2n) is 8.12. The van der Waals surface area contributed by atoms with Crippen LogP contribution in [0.25, 0.3) is 0 Å². The zero-order chi connectivity index (χ0) is 20.5. The third kappa shape index (κ3) is 3.73. The third-order valence-corrected chi connectivity index (χ3v) is 6.34. The number of aliphatic hydroxyl groups excluding tert-OH is 1. The van der Waals surface area contributed by atoms with E-state index in [4.69, 9.17) is 0 Å². The quantitative estimate of drug-likeness (QED) is 0.842. The van der Waals surface area contributed by atoms with E-state index in [-0.39, 0.29) is 36.6 Å². The van der Waals surface area contributed by atoms with E-state index in [0.717, 1.165) is 48.2 Å². The van der Waals surface area contributed by atoms with Gasteiger partial charge < -0.3 is 14.6 Å². The second-order valence-corrected chi connectivity index (χ2v) is 8.12. The average molecular weight is 398 g/mol. The molecule has 0 unspecified atom stereocenters. The minimum atomic E-state index is -0.273. The number of likely N-dealkylation sites (tertiary alicyclic amines) is 1. The highest BCUT2D eigenvalue weighted by Crippen LogP contribution is 2.32. The van der Waals surface area contributed by atoms with Crippen LogP contribution in [0.4, 0.5) is 4.39 Å². The van der Waals surface area contributed by atoms with Crippen LogP contribution in [0.3, 0.4) is 0 Å². The van der Waals surface area contributed by atoms with E-state index >= 15 is 0 Å². The van der Waals surface area contributed by atoms with Gasteiger partial charge in [0.05, 0.1) is 19.1 Å². The fourth-order valence-corrected chi connectivity index (χ4v) is 4.80. The van der Waals surface area contributed by atoms with Crippen LogP contribution < -0.4 is 0 Å². The molecule has 5 nitrogen and oxygen atoms in total. The highest BCUT2D eigenvalue weighted by Gasteiger charge is 2.32. The number of hydrogen-bond donors (Lipinski definition) is 1. The second kappa shape index (κ2) is 8.11. The first-order chi connectivity index (χ1) is 14.0. The number of carbonyl (C=O) groups excluding carboxylic acids is 2.